The average Bonchev–Trinajstić information content (AvgIpc) is 2.83. The summed E-state index contributed by atoms with van der Waals surface area (Å²) in [4.78, 5) is 2.32. The molecule has 0 aliphatic carbocycles. The summed E-state index contributed by atoms with van der Waals surface area (Å²) in [5.41, 5.74) is 9.14. The maximum absolute atomic E-state index is 14.3. The number of nitrogens with two attached hydrogens (primary N) is 1. The number of fused-ring (bicyclic) bond motifs is 1. The lowest BCUT2D eigenvalue weighted by Crippen LogP contribution is -2.19. The van der Waals surface area contributed by atoms with Crippen molar-refractivity contribution in [1.82, 2.24) is 4.90 Å². The topological polar surface area (TPSA) is 29.3 Å². The first-order valence-electron chi connectivity index (χ1n) is 6.51. The second-order valence-electron chi connectivity index (χ2n) is 5.06. The van der Waals surface area contributed by atoms with Crippen LogP contribution in [0.25, 0.3) is 0 Å². The van der Waals surface area contributed by atoms with E-state index in [2.05, 4.69) is 17.0 Å². The summed E-state index contributed by atoms with van der Waals surface area (Å²) in [5, 5.41) is 0. The summed E-state index contributed by atoms with van der Waals surface area (Å²) in [6.45, 7) is 2.27. The number of halogens is 1. The Bertz CT molecular complexity index is 644. The van der Waals surface area contributed by atoms with Crippen molar-refractivity contribution >= 4 is 17.2 Å². The van der Waals surface area contributed by atoms with Crippen LogP contribution in [0.4, 0.5) is 4.39 Å². The highest BCUT2D eigenvalue weighted by Crippen LogP contribution is 2.25. The molecule has 2 nitrogen and oxygen atoms in total. The van der Waals surface area contributed by atoms with E-state index in [9.17, 15) is 4.39 Å². The third kappa shape index (κ3) is 2.44. The molecule has 102 valence electrons. The second kappa shape index (κ2) is 5.31. The van der Waals surface area contributed by atoms with Crippen molar-refractivity contribution in [3.63, 3.8) is 0 Å². The van der Waals surface area contributed by atoms with E-state index in [0.717, 1.165) is 13.1 Å². The van der Waals surface area contributed by atoms with E-state index in [4.69, 9.17) is 18.0 Å². The lowest BCUT2D eigenvalue weighted by molar-refractivity contribution is 0.271. The van der Waals surface area contributed by atoms with Crippen LogP contribution >= 0.6 is 12.2 Å². The molecule has 1 heterocycles. The lowest BCUT2D eigenvalue weighted by Gasteiger charge is -2.16. The molecule has 0 amide bonds. The summed E-state index contributed by atoms with van der Waals surface area (Å²) in [6, 6.07) is 13.5. The number of hydrogen-bond acceptors (Lipinski definition) is 2. The van der Waals surface area contributed by atoms with Gasteiger partial charge in [0.2, 0.25) is 0 Å². The van der Waals surface area contributed by atoms with Gasteiger partial charge in [-0.05, 0) is 17.2 Å². The van der Waals surface area contributed by atoms with E-state index >= 15 is 0 Å². The van der Waals surface area contributed by atoms with Crippen molar-refractivity contribution < 1.29 is 4.39 Å². The Balaban J connectivity index is 1.81. The summed E-state index contributed by atoms with van der Waals surface area (Å²) in [6.07, 6.45) is 0. The Morgan fingerprint density at radius 1 is 1.10 bits per heavy atom. The third-order valence-corrected chi connectivity index (χ3v) is 3.86. The van der Waals surface area contributed by atoms with Crippen LogP contribution in [-0.4, -0.2) is 9.89 Å². The molecule has 4 heteroatoms. The van der Waals surface area contributed by atoms with Crippen LogP contribution in [-0.2, 0) is 19.6 Å². The zero-order valence-corrected chi connectivity index (χ0v) is 11.8. The molecule has 2 N–H and O–H groups in total. The van der Waals surface area contributed by atoms with Crippen LogP contribution < -0.4 is 5.73 Å². The molecule has 0 saturated heterocycles. The number of thiocarbonyl (C=S) groups is 1. The summed E-state index contributed by atoms with van der Waals surface area (Å²) in [7, 11) is 0. The highest BCUT2D eigenvalue weighted by Gasteiger charge is 2.20. The van der Waals surface area contributed by atoms with E-state index in [0.29, 0.717) is 17.7 Å². The Morgan fingerprint density at radius 3 is 2.35 bits per heavy atom. The fraction of sp³-hybridized carbons (Fsp3) is 0.188. The van der Waals surface area contributed by atoms with Gasteiger partial charge in [0.1, 0.15) is 10.8 Å². The van der Waals surface area contributed by atoms with Gasteiger partial charge in [-0.25, -0.2) is 4.39 Å². The van der Waals surface area contributed by atoms with Crippen LogP contribution in [0.15, 0.2) is 42.5 Å². The van der Waals surface area contributed by atoms with Gasteiger partial charge in [0.05, 0.1) is 0 Å². The molecule has 2 aromatic rings. The quantitative estimate of drug-likeness (QED) is 0.880. The summed E-state index contributed by atoms with van der Waals surface area (Å²) in [5.74, 6) is -0.295. The first-order valence-corrected chi connectivity index (χ1v) is 6.92. The van der Waals surface area contributed by atoms with Gasteiger partial charge in [0.15, 0.2) is 0 Å². The molecule has 0 unspecified atom stereocenters. The molecule has 0 bridgehead atoms. The second-order valence-corrected chi connectivity index (χ2v) is 5.50. The molecule has 2 aromatic carbocycles. The van der Waals surface area contributed by atoms with Crippen LogP contribution in [0.3, 0.4) is 0 Å². The van der Waals surface area contributed by atoms with E-state index in [1.807, 2.05) is 12.1 Å². The minimum Gasteiger partial charge on any atom is -0.389 e. The van der Waals surface area contributed by atoms with E-state index in [1.54, 1.807) is 18.2 Å². The fourth-order valence-electron chi connectivity index (χ4n) is 2.65. The molecular formula is C16H15FN2S. The van der Waals surface area contributed by atoms with Crippen LogP contribution in [0.1, 0.15) is 22.3 Å². The molecule has 0 fully saturated rings. The van der Waals surface area contributed by atoms with Gasteiger partial charge in [-0.15, -0.1) is 0 Å². The van der Waals surface area contributed by atoms with Crippen molar-refractivity contribution in [3.05, 3.63) is 70.5 Å². The SMILES string of the molecule is NC(=S)c1cccc(CN2Cc3ccccc3C2)c1F. The molecule has 0 spiro atoms. The maximum atomic E-state index is 14.3. The maximum Gasteiger partial charge on any atom is 0.137 e. The normalized spacial score (nSPS) is 14.2. The highest BCUT2D eigenvalue weighted by atomic mass is 32.1. The third-order valence-electron chi connectivity index (χ3n) is 3.64. The van der Waals surface area contributed by atoms with Gasteiger partial charge >= 0.3 is 0 Å². The highest BCUT2D eigenvalue weighted by molar-refractivity contribution is 7.80. The summed E-state index contributed by atoms with van der Waals surface area (Å²) < 4.78 is 14.3. The number of nitrogens with zero attached hydrogens (tertiary/aromatic N) is 1. The van der Waals surface area contributed by atoms with Gasteiger partial charge in [-0.3, -0.25) is 4.90 Å². The molecule has 0 aromatic heterocycles. The standard InChI is InChI=1S/C16H15FN2S/c17-15-13(6-3-7-14(15)16(18)20)10-19-8-11-4-1-2-5-12(11)9-19/h1-7H,8-10H2,(H2,18,20). The van der Waals surface area contributed by atoms with E-state index in [-0.39, 0.29) is 10.8 Å². The first kappa shape index (κ1) is 13.2. The van der Waals surface area contributed by atoms with E-state index in [1.165, 1.54) is 11.1 Å². The molecule has 3 rings (SSSR count). The smallest absolute Gasteiger partial charge is 0.137 e. The average molecular weight is 286 g/mol. The molecule has 20 heavy (non-hydrogen) atoms. The lowest BCUT2D eigenvalue weighted by atomic mass is 10.1. The van der Waals surface area contributed by atoms with Crippen molar-refractivity contribution in [3.8, 4) is 0 Å². The number of hydrogen-bond donors (Lipinski definition) is 1. The van der Waals surface area contributed by atoms with Gasteiger partial charge < -0.3 is 5.73 Å². The predicted octanol–water partition coefficient (Wildman–Crippen LogP) is 2.98. The van der Waals surface area contributed by atoms with Crippen molar-refractivity contribution in [2.24, 2.45) is 5.73 Å². The molecule has 1 aliphatic heterocycles. The predicted molar refractivity (Wildman–Crippen MR) is 81.7 cm³/mol. The van der Waals surface area contributed by atoms with Crippen molar-refractivity contribution in [2.75, 3.05) is 0 Å². The largest absolute Gasteiger partial charge is 0.389 e. The molecule has 0 saturated carbocycles. The fourth-order valence-corrected chi connectivity index (χ4v) is 2.81. The van der Waals surface area contributed by atoms with Crippen LogP contribution in [0.2, 0.25) is 0 Å². The minimum absolute atomic E-state index is 0.106. The van der Waals surface area contributed by atoms with Gasteiger partial charge in [0, 0.05) is 30.8 Å². The minimum atomic E-state index is -0.295. The Labute approximate surface area is 123 Å². The zero-order valence-electron chi connectivity index (χ0n) is 11.0. The monoisotopic (exact) mass is 286 g/mol. The molecule has 1 aliphatic rings. The van der Waals surface area contributed by atoms with Crippen LogP contribution in [0, 0.1) is 5.82 Å². The Kier molecular flexibility index (Phi) is 3.51. The molecular weight excluding hydrogens is 271 g/mol. The zero-order chi connectivity index (χ0) is 14.1. The molecule has 0 atom stereocenters. The first-order chi connectivity index (χ1) is 9.65. The Morgan fingerprint density at radius 2 is 1.75 bits per heavy atom. The number of rotatable bonds is 3. The number of benzene rings is 2. The molecule has 0 radical (unpaired) electrons. The summed E-state index contributed by atoms with van der Waals surface area (Å²) >= 11 is 4.87. The van der Waals surface area contributed by atoms with Gasteiger partial charge in [0.25, 0.3) is 0 Å². The van der Waals surface area contributed by atoms with Crippen molar-refractivity contribution in [1.29, 1.82) is 0 Å². The van der Waals surface area contributed by atoms with Gasteiger partial charge in [-0.1, -0.05) is 48.6 Å². The van der Waals surface area contributed by atoms with Crippen molar-refractivity contribution in [2.45, 2.75) is 19.6 Å². The van der Waals surface area contributed by atoms with Gasteiger partial charge in [-0.2, -0.15) is 0 Å². The van der Waals surface area contributed by atoms with E-state index < -0.39 is 0 Å². The Hall–Kier alpha value is -1.78. The van der Waals surface area contributed by atoms with Crippen LogP contribution in [0.5, 0.6) is 0 Å².